The van der Waals surface area contributed by atoms with Crippen molar-refractivity contribution in [2.75, 3.05) is 34.8 Å². The number of benzene rings is 1. The summed E-state index contributed by atoms with van der Waals surface area (Å²) in [5.41, 5.74) is 2.02. The number of rotatable bonds is 4. The van der Waals surface area contributed by atoms with Crippen molar-refractivity contribution in [1.29, 1.82) is 0 Å². The maximum atomic E-state index is 12.5. The van der Waals surface area contributed by atoms with Crippen LogP contribution in [0.25, 0.3) is 0 Å². The molecule has 2 amide bonds. The molecule has 140 valence electrons. The molecule has 7 heteroatoms. The fourth-order valence-electron chi connectivity index (χ4n) is 3.65. The van der Waals surface area contributed by atoms with Crippen LogP contribution in [0.4, 0.5) is 17.2 Å². The molecule has 1 aromatic carbocycles. The molecule has 3 heterocycles. The highest BCUT2D eigenvalue weighted by molar-refractivity contribution is 6.30. The lowest BCUT2D eigenvalue weighted by Gasteiger charge is -2.20. The first-order chi connectivity index (χ1) is 13.1. The van der Waals surface area contributed by atoms with Crippen molar-refractivity contribution >= 4 is 40.6 Å². The third kappa shape index (κ3) is 3.90. The Bertz CT molecular complexity index is 849. The van der Waals surface area contributed by atoms with E-state index in [1.807, 2.05) is 12.1 Å². The van der Waals surface area contributed by atoms with Crippen molar-refractivity contribution in [2.45, 2.75) is 19.3 Å². The molecule has 0 bridgehead atoms. The zero-order valence-electron chi connectivity index (χ0n) is 14.9. The van der Waals surface area contributed by atoms with Crippen LogP contribution < -0.4 is 15.1 Å². The van der Waals surface area contributed by atoms with E-state index in [0.717, 1.165) is 18.8 Å². The molecule has 1 unspecified atom stereocenters. The average molecular weight is 385 g/mol. The summed E-state index contributed by atoms with van der Waals surface area (Å²) < 4.78 is 0. The molecule has 6 nitrogen and oxygen atoms in total. The van der Waals surface area contributed by atoms with Gasteiger partial charge in [-0.15, -0.1) is 0 Å². The Balaban J connectivity index is 1.41. The summed E-state index contributed by atoms with van der Waals surface area (Å²) in [5, 5.41) is 3.25. The van der Waals surface area contributed by atoms with Crippen LogP contribution in [-0.4, -0.2) is 36.4 Å². The molecule has 1 aromatic heterocycles. The maximum Gasteiger partial charge on any atom is 0.230 e. The van der Waals surface area contributed by atoms with Crippen LogP contribution >= 0.6 is 11.6 Å². The standard InChI is InChI=1S/C20H21ClN4O2/c21-15-7-8-22-18(12-15)23-20(27)14-11-19(26)25(13-14)17-5-3-16(4-6-17)24-9-1-2-10-24/h3-8,12,14H,1-2,9-11,13H2,(H,22,23,27). The first-order valence-corrected chi connectivity index (χ1v) is 9.56. The molecule has 0 aliphatic carbocycles. The summed E-state index contributed by atoms with van der Waals surface area (Å²) in [5.74, 6) is -0.262. The second kappa shape index (κ2) is 7.56. The van der Waals surface area contributed by atoms with Crippen LogP contribution in [0.5, 0.6) is 0 Å². The third-order valence-electron chi connectivity index (χ3n) is 5.10. The zero-order valence-corrected chi connectivity index (χ0v) is 15.7. The summed E-state index contributed by atoms with van der Waals surface area (Å²) in [7, 11) is 0. The summed E-state index contributed by atoms with van der Waals surface area (Å²) in [4.78, 5) is 33.0. The lowest BCUT2D eigenvalue weighted by Crippen LogP contribution is -2.28. The van der Waals surface area contributed by atoms with Gasteiger partial charge in [-0.3, -0.25) is 9.59 Å². The van der Waals surface area contributed by atoms with E-state index >= 15 is 0 Å². The van der Waals surface area contributed by atoms with E-state index in [4.69, 9.17) is 11.6 Å². The molecule has 2 saturated heterocycles. The number of halogens is 1. The molecule has 0 radical (unpaired) electrons. The Kier molecular flexibility index (Phi) is 4.99. The minimum Gasteiger partial charge on any atom is -0.372 e. The molecular formula is C20H21ClN4O2. The van der Waals surface area contributed by atoms with Gasteiger partial charge in [-0.05, 0) is 49.2 Å². The summed E-state index contributed by atoms with van der Waals surface area (Å²) in [6.45, 7) is 2.54. The molecule has 0 saturated carbocycles. The number of carbonyl (C=O) groups excluding carboxylic acids is 2. The number of aromatic nitrogens is 1. The Morgan fingerprint density at radius 2 is 1.81 bits per heavy atom. The quantitative estimate of drug-likeness (QED) is 0.878. The number of nitrogens with one attached hydrogen (secondary N) is 1. The molecule has 1 N–H and O–H groups in total. The van der Waals surface area contributed by atoms with Crippen LogP contribution in [0.15, 0.2) is 42.6 Å². The molecule has 2 fully saturated rings. The fraction of sp³-hybridized carbons (Fsp3) is 0.350. The van der Waals surface area contributed by atoms with E-state index in [1.165, 1.54) is 24.7 Å². The van der Waals surface area contributed by atoms with Crippen LogP contribution in [0.3, 0.4) is 0 Å². The number of hydrogen-bond acceptors (Lipinski definition) is 4. The third-order valence-corrected chi connectivity index (χ3v) is 5.34. The summed E-state index contributed by atoms with van der Waals surface area (Å²) in [6.07, 6.45) is 4.18. The predicted molar refractivity (Wildman–Crippen MR) is 106 cm³/mol. The van der Waals surface area contributed by atoms with Gasteiger partial charge < -0.3 is 15.1 Å². The van der Waals surface area contributed by atoms with Crippen LogP contribution in [0.1, 0.15) is 19.3 Å². The smallest absolute Gasteiger partial charge is 0.230 e. The monoisotopic (exact) mass is 384 g/mol. The van der Waals surface area contributed by atoms with Gasteiger partial charge in [0, 0.05) is 48.6 Å². The summed E-state index contributed by atoms with van der Waals surface area (Å²) in [6, 6.07) is 11.3. The lowest BCUT2D eigenvalue weighted by atomic mass is 10.1. The molecular weight excluding hydrogens is 364 g/mol. The molecule has 2 aliphatic rings. The zero-order chi connectivity index (χ0) is 18.8. The van der Waals surface area contributed by atoms with Crippen molar-refractivity contribution in [1.82, 2.24) is 4.98 Å². The minimum absolute atomic E-state index is 0.0388. The Hall–Kier alpha value is -2.60. The number of hydrogen-bond donors (Lipinski definition) is 1. The normalized spacial score (nSPS) is 19.6. The van der Waals surface area contributed by atoms with Crippen molar-refractivity contribution in [3.05, 3.63) is 47.6 Å². The number of nitrogens with zero attached hydrogens (tertiary/aromatic N) is 3. The lowest BCUT2D eigenvalue weighted by molar-refractivity contribution is -0.122. The molecule has 4 rings (SSSR count). The molecule has 27 heavy (non-hydrogen) atoms. The van der Waals surface area contributed by atoms with Crippen molar-refractivity contribution < 1.29 is 9.59 Å². The van der Waals surface area contributed by atoms with Gasteiger partial charge in [0.15, 0.2) is 0 Å². The van der Waals surface area contributed by atoms with E-state index in [0.29, 0.717) is 17.4 Å². The first kappa shape index (κ1) is 17.8. The van der Waals surface area contributed by atoms with Crippen molar-refractivity contribution in [3.8, 4) is 0 Å². The highest BCUT2D eigenvalue weighted by Crippen LogP contribution is 2.29. The van der Waals surface area contributed by atoms with Crippen LogP contribution in [-0.2, 0) is 9.59 Å². The molecule has 0 spiro atoms. The number of amides is 2. The van der Waals surface area contributed by atoms with E-state index in [9.17, 15) is 9.59 Å². The fourth-order valence-corrected chi connectivity index (χ4v) is 3.81. The predicted octanol–water partition coefficient (Wildman–Crippen LogP) is 3.33. The van der Waals surface area contributed by atoms with Gasteiger partial charge in [-0.2, -0.15) is 0 Å². The highest BCUT2D eigenvalue weighted by atomic mass is 35.5. The first-order valence-electron chi connectivity index (χ1n) is 9.18. The van der Waals surface area contributed by atoms with E-state index in [-0.39, 0.29) is 18.2 Å². The Labute approximate surface area is 163 Å². The number of pyridine rings is 1. The Morgan fingerprint density at radius 3 is 2.52 bits per heavy atom. The average Bonchev–Trinajstić information content (AvgIpc) is 3.32. The van der Waals surface area contributed by atoms with Gasteiger partial charge in [0.2, 0.25) is 11.8 Å². The van der Waals surface area contributed by atoms with Crippen LogP contribution in [0, 0.1) is 5.92 Å². The number of carbonyl (C=O) groups is 2. The van der Waals surface area contributed by atoms with E-state index in [1.54, 1.807) is 17.0 Å². The SMILES string of the molecule is O=C(Nc1cc(Cl)ccn1)C1CC(=O)N(c2ccc(N3CCCC3)cc2)C1. The van der Waals surface area contributed by atoms with E-state index < -0.39 is 5.92 Å². The molecule has 2 aromatic rings. The van der Waals surface area contributed by atoms with Gasteiger partial charge >= 0.3 is 0 Å². The van der Waals surface area contributed by atoms with Gasteiger partial charge in [0.1, 0.15) is 5.82 Å². The summed E-state index contributed by atoms with van der Waals surface area (Å²) >= 11 is 5.92. The number of anilines is 3. The van der Waals surface area contributed by atoms with Gasteiger partial charge in [-0.1, -0.05) is 11.6 Å². The minimum atomic E-state index is -0.406. The van der Waals surface area contributed by atoms with Crippen molar-refractivity contribution in [3.63, 3.8) is 0 Å². The van der Waals surface area contributed by atoms with Gasteiger partial charge in [0.25, 0.3) is 0 Å². The van der Waals surface area contributed by atoms with Crippen molar-refractivity contribution in [2.24, 2.45) is 5.92 Å². The van der Waals surface area contributed by atoms with Gasteiger partial charge in [0.05, 0.1) is 5.92 Å². The maximum absolute atomic E-state index is 12.5. The molecule has 1 atom stereocenters. The van der Waals surface area contributed by atoms with Gasteiger partial charge in [-0.25, -0.2) is 4.98 Å². The second-order valence-corrected chi connectivity index (χ2v) is 7.40. The highest BCUT2D eigenvalue weighted by Gasteiger charge is 2.35. The second-order valence-electron chi connectivity index (χ2n) is 6.96. The molecule has 2 aliphatic heterocycles. The Morgan fingerprint density at radius 1 is 1.11 bits per heavy atom. The van der Waals surface area contributed by atoms with Crippen LogP contribution in [0.2, 0.25) is 5.02 Å². The topological polar surface area (TPSA) is 65.5 Å². The largest absolute Gasteiger partial charge is 0.372 e. The van der Waals surface area contributed by atoms with E-state index in [2.05, 4.69) is 27.3 Å².